The number of nitrogens with zero attached hydrogens (tertiary/aromatic N) is 4. The highest BCUT2D eigenvalue weighted by atomic mass is 16.1. The van der Waals surface area contributed by atoms with Gasteiger partial charge in [-0.2, -0.15) is 0 Å². The van der Waals surface area contributed by atoms with E-state index in [1.807, 2.05) is 30.6 Å². The van der Waals surface area contributed by atoms with E-state index >= 15 is 0 Å². The average Bonchev–Trinajstić information content (AvgIpc) is 3.13. The molecule has 1 aromatic carbocycles. The van der Waals surface area contributed by atoms with Crippen molar-refractivity contribution in [3.8, 4) is 11.3 Å². The maximum atomic E-state index is 13.1. The third-order valence-corrected chi connectivity index (χ3v) is 6.85. The van der Waals surface area contributed by atoms with Gasteiger partial charge in [-0.15, -0.1) is 0 Å². The minimum absolute atomic E-state index is 0.0910. The number of pyridine rings is 2. The molecule has 5 heteroatoms. The summed E-state index contributed by atoms with van der Waals surface area (Å²) < 4.78 is 0. The third kappa shape index (κ3) is 2.53. The molecule has 0 unspecified atom stereocenters. The van der Waals surface area contributed by atoms with E-state index in [-0.39, 0.29) is 17.6 Å². The fraction of sp³-hybridized carbons (Fsp3) is 0.192. The predicted molar refractivity (Wildman–Crippen MR) is 116 cm³/mol. The number of Topliss-reactive ketones (excluding diaryl/α,β-unsaturated/α-hetero) is 1. The highest BCUT2D eigenvalue weighted by molar-refractivity contribution is 5.87. The molecular formula is C26H20N4O. The van der Waals surface area contributed by atoms with E-state index in [0.717, 1.165) is 28.1 Å². The third-order valence-electron chi connectivity index (χ3n) is 6.85. The Labute approximate surface area is 180 Å². The molecule has 3 heterocycles. The van der Waals surface area contributed by atoms with Gasteiger partial charge in [-0.3, -0.25) is 24.7 Å². The minimum atomic E-state index is -0.514. The number of carbonyl (C=O) groups is 1. The molecule has 1 fully saturated rings. The molecule has 150 valence electrons. The van der Waals surface area contributed by atoms with Gasteiger partial charge in [-0.25, -0.2) is 0 Å². The summed E-state index contributed by atoms with van der Waals surface area (Å²) in [5.74, 6) is 0.0710. The van der Waals surface area contributed by atoms with E-state index in [4.69, 9.17) is 9.97 Å². The molecule has 31 heavy (non-hydrogen) atoms. The van der Waals surface area contributed by atoms with Gasteiger partial charge in [0.1, 0.15) is 5.78 Å². The summed E-state index contributed by atoms with van der Waals surface area (Å²) in [5.41, 5.74) is 5.74. The van der Waals surface area contributed by atoms with Crippen LogP contribution in [0.3, 0.4) is 0 Å². The predicted octanol–water partition coefficient (Wildman–Crippen LogP) is 4.46. The first-order chi connectivity index (χ1) is 15.3. The van der Waals surface area contributed by atoms with E-state index in [1.165, 1.54) is 5.56 Å². The number of ketones is 1. The normalized spacial score (nSPS) is 21.0. The molecule has 2 aliphatic carbocycles. The summed E-state index contributed by atoms with van der Waals surface area (Å²) >= 11 is 0. The fourth-order valence-electron chi connectivity index (χ4n) is 5.75. The van der Waals surface area contributed by atoms with Gasteiger partial charge in [0.2, 0.25) is 0 Å². The van der Waals surface area contributed by atoms with Crippen molar-refractivity contribution in [2.45, 2.75) is 30.1 Å². The summed E-state index contributed by atoms with van der Waals surface area (Å²) in [4.78, 5) is 31.6. The van der Waals surface area contributed by atoms with Gasteiger partial charge in [-0.05, 0) is 28.8 Å². The molecule has 2 aliphatic rings. The topological polar surface area (TPSA) is 68.6 Å². The number of benzene rings is 1. The molecule has 0 saturated heterocycles. The fourth-order valence-corrected chi connectivity index (χ4v) is 5.75. The minimum Gasteiger partial charge on any atom is -0.300 e. The van der Waals surface area contributed by atoms with Gasteiger partial charge in [-0.1, -0.05) is 36.4 Å². The monoisotopic (exact) mass is 404 g/mol. The first-order valence-corrected chi connectivity index (χ1v) is 10.5. The van der Waals surface area contributed by atoms with Crippen LogP contribution in [0.1, 0.15) is 47.1 Å². The number of fused-ring (bicyclic) bond motifs is 5. The molecule has 0 radical (unpaired) electrons. The quantitative estimate of drug-likeness (QED) is 0.493. The van der Waals surface area contributed by atoms with E-state index < -0.39 is 5.41 Å². The molecule has 0 bridgehead atoms. The molecule has 2 atom stereocenters. The van der Waals surface area contributed by atoms with Crippen LogP contribution >= 0.6 is 0 Å². The zero-order valence-electron chi connectivity index (χ0n) is 16.8. The zero-order chi connectivity index (χ0) is 20.8. The standard InChI is InChI=1S/C26H20N4O/c31-19-13-22(17-5-3-9-27-15-17)26(23(14-19)18-6-4-10-28-16-18)21-8-2-1-7-20(21)24-25(26)30-12-11-29-24/h1-12,15-16,22-23H,13-14H2/t22-,23-/m1/s1. The number of aromatic nitrogens is 4. The Morgan fingerprint density at radius 1 is 0.742 bits per heavy atom. The average molecular weight is 404 g/mol. The highest BCUT2D eigenvalue weighted by Crippen LogP contribution is 2.64. The van der Waals surface area contributed by atoms with E-state index in [1.54, 1.807) is 24.8 Å². The van der Waals surface area contributed by atoms with Gasteiger partial charge in [0, 0.05) is 67.4 Å². The van der Waals surface area contributed by atoms with Crippen molar-refractivity contribution in [3.05, 3.63) is 108 Å². The van der Waals surface area contributed by atoms with Crippen molar-refractivity contribution in [2.75, 3.05) is 0 Å². The van der Waals surface area contributed by atoms with Gasteiger partial charge >= 0.3 is 0 Å². The largest absolute Gasteiger partial charge is 0.300 e. The van der Waals surface area contributed by atoms with Crippen molar-refractivity contribution < 1.29 is 4.79 Å². The highest BCUT2D eigenvalue weighted by Gasteiger charge is 2.59. The van der Waals surface area contributed by atoms with Gasteiger partial charge in [0.05, 0.1) is 16.8 Å². The smallest absolute Gasteiger partial charge is 0.134 e. The van der Waals surface area contributed by atoms with Gasteiger partial charge in [0.15, 0.2) is 0 Å². The number of hydrogen-bond donors (Lipinski definition) is 0. The zero-order valence-corrected chi connectivity index (χ0v) is 16.8. The van der Waals surface area contributed by atoms with Crippen LogP contribution in [-0.2, 0) is 10.2 Å². The number of rotatable bonds is 2. The van der Waals surface area contributed by atoms with Crippen LogP contribution in [-0.4, -0.2) is 25.7 Å². The van der Waals surface area contributed by atoms with Crippen LogP contribution < -0.4 is 0 Å². The molecule has 4 aromatic rings. The molecule has 1 saturated carbocycles. The summed E-state index contributed by atoms with van der Waals surface area (Å²) in [7, 11) is 0. The Morgan fingerprint density at radius 2 is 1.39 bits per heavy atom. The lowest BCUT2D eigenvalue weighted by molar-refractivity contribution is -0.122. The molecule has 0 amide bonds. The van der Waals surface area contributed by atoms with Gasteiger partial charge < -0.3 is 0 Å². The Balaban J connectivity index is 1.73. The van der Waals surface area contributed by atoms with Gasteiger partial charge in [0.25, 0.3) is 0 Å². The lowest BCUT2D eigenvalue weighted by Gasteiger charge is -2.47. The van der Waals surface area contributed by atoms with E-state index in [0.29, 0.717) is 12.8 Å². The summed E-state index contributed by atoms with van der Waals surface area (Å²) in [6, 6.07) is 16.5. The molecule has 1 spiro atoms. The Bertz CT molecular complexity index is 1170. The van der Waals surface area contributed by atoms with Crippen LogP contribution in [0.5, 0.6) is 0 Å². The summed E-state index contributed by atoms with van der Waals surface area (Å²) in [6.07, 6.45) is 11.7. The maximum Gasteiger partial charge on any atom is 0.134 e. The lowest BCUT2D eigenvalue weighted by Crippen LogP contribution is -2.45. The first-order valence-electron chi connectivity index (χ1n) is 10.5. The van der Waals surface area contributed by atoms with Crippen molar-refractivity contribution in [1.29, 1.82) is 0 Å². The second-order valence-electron chi connectivity index (χ2n) is 8.29. The molecular weight excluding hydrogens is 384 g/mol. The summed E-state index contributed by atoms with van der Waals surface area (Å²) in [5, 5.41) is 0. The van der Waals surface area contributed by atoms with Crippen LogP contribution in [0.25, 0.3) is 11.3 Å². The molecule has 6 rings (SSSR count). The van der Waals surface area contributed by atoms with Crippen molar-refractivity contribution in [1.82, 2.24) is 19.9 Å². The second-order valence-corrected chi connectivity index (χ2v) is 8.29. The molecule has 3 aromatic heterocycles. The summed E-state index contributed by atoms with van der Waals surface area (Å²) in [6.45, 7) is 0. The Morgan fingerprint density at radius 3 is 2.03 bits per heavy atom. The van der Waals surface area contributed by atoms with Crippen LogP contribution in [0.2, 0.25) is 0 Å². The maximum absolute atomic E-state index is 13.1. The SMILES string of the molecule is O=C1C[C@H](c2cccnc2)C2(c3ccccc3-c3nccnc32)[C@@H](c2cccnc2)C1. The second kappa shape index (κ2) is 6.91. The lowest BCUT2D eigenvalue weighted by atomic mass is 9.53. The molecule has 5 nitrogen and oxygen atoms in total. The first kappa shape index (κ1) is 18.1. The van der Waals surface area contributed by atoms with Crippen molar-refractivity contribution in [2.24, 2.45) is 0 Å². The van der Waals surface area contributed by atoms with Crippen molar-refractivity contribution in [3.63, 3.8) is 0 Å². The molecule has 0 N–H and O–H groups in total. The Hall–Kier alpha value is -3.73. The number of carbonyl (C=O) groups excluding carboxylic acids is 1. The van der Waals surface area contributed by atoms with Crippen LogP contribution in [0.4, 0.5) is 0 Å². The molecule has 0 aliphatic heterocycles. The van der Waals surface area contributed by atoms with Crippen molar-refractivity contribution >= 4 is 5.78 Å². The Kier molecular flexibility index (Phi) is 4.03. The van der Waals surface area contributed by atoms with E-state index in [9.17, 15) is 4.79 Å². The van der Waals surface area contributed by atoms with E-state index in [2.05, 4.69) is 40.3 Å². The number of hydrogen-bond acceptors (Lipinski definition) is 5. The van der Waals surface area contributed by atoms with Crippen LogP contribution in [0.15, 0.2) is 85.7 Å². The van der Waals surface area contributed by atoms with Crippen LogP contribution in [0, 0.1) is 0 Å².